The lowest BCUT2D eigenvalue weighted by Gasteiger charge is -2.22. The van der Waals surface area contributed by atoms with Crippen LogP contribution in [0, 0.1) is 12.7 Å². The Labute approximate surface area is 115 Å². The van der Waals surface area contributed by atoms with Crippen LogP contribution in [0.1, 0.15) is 44.6 Å². The molecule has 2 unspecified atom stereocenters. The number of aryl methyl sites for hydroxylation is 1. The molecule has 0 amide bonds. The van der Waals surface area contributed by atoms with Crippen molar-refractivity contribution >= 4 is 5.69 Å². The van der Waals surface area contributed by atoms with E-state index in [1.165, 1.54) is 31.7 Å². The molecule has 1 saturated heterocycles. The minimum atomic E-state index is -0.136. The van der Waals surface area contributed by atoms with E-state index in [1.54, 1.807) is 6.92 Å². The molecule has 0 saturated carbocycles. The van der Waals surface area contributed by atoms with Crippen LogP contribution < -0.4 is 10.6 Å². The molecule has 2 N–H and O–H groups in total. The third-order valence-electron chi connectivity index (χ3n) is 3.87. The summed E-state index contributed by atoms with van der Waals surface area (Å²) in [5.41, 5.74) is 1.71. The summed E-state index contributed by atoms with van der Waals surface area (Å²) in [6.45, 7) is 5.15. The Bertz CT molecular complexity index is 398. The number of benzene rings is 1. The van der Waals surface area contributed by atoms with Crippen molar-refractivity contribution in [2.45, 2.75) is 58.0 Å². The van der Waals surface area contributed by atoms with Gasteiger partial charge in [0.25, 0.3) is 0 Å². The fourth-order valence-electron chi connectivity index (χ4n) is 2.81. The van der Waals surface area contributed by atoms with Crippen molar-refractivity contribution in [1.29, 1.82) is 0 Å². The van der Waals surface area contributed by atoms with Crippen LogP contribution in [0.3, 0.4) is 0 Å². The smallest absolute Gasteiger partial charge is 0.126 e. The lowest BCUT2D eigenvalue weighted by molar-refractivity contribution is 0.456. The average molecular weight is 264 g/mol. The second kappa shape index (κ2) is 6.90. The van der Waals surface area contributed by atoms with Gasteiger partial charge in [-0.05, 0) is 63.4 Å². The van der Waals surface area contributed by atoms with E-state index in [2.05, 4.69) is 17.6 Å². The number of halogens is 1. The summed E-state index contributed by atoms with van der Waals surface area (Å²) in [6.07, 6.45) is 6.38. The molecule has 0 bridgehead atoms. The van der Waals surface area contributed by atoms with Gasteiger partial charge in [-0.15, -0.1) is 0 Å². The van der Waals surface area contributed by atoms with Crippen LogP contribution in [0.25, 0.3) is 0 Å². The molecule has 1 aromatic carbocycles. The second-order valence-corrected chi connectivity index (χ2v) is 5.75. The number of hydrogen-bond acceptors (Lipinski definition) is 2. The highest BCUT2D eigenvalue weighted by molar-refractivity contribution is 5.46. The molecule has 0 spiro atoms. The van der Waals surface area contributed by atoms with E-state index >= 15 is 0 Å². The van der Waals surface area contributed by atoms with Gasteiger partial charge in [-0.3, -0.25) is 0 Å². The summed E-state index contributed by atoms with van der Waals surface area (Å²) in [4.78, 5) is 0. The van der Waals surface area contributed by atoms with E-state index in [0.717, 1.165) is 18.7 Å². The molecule has 0 aromatic heterocycles. The largest absolute Gasteiger partial charge is 0.383 e. The zero-order chi connectivity index (χ0) is 13.7. The van der Waals surface area contributed by atoms with Crippen LogP contribution in [0.2, 0.25) is 0 Å². The summed E-state index contributed by atoms with van der Waals surface area (Å²) in [6, 6.07) is 6.26. The molecule has 1 heterocycles. The van der Waals surface area contributed by atoms with Crippen LogP contribution in [0.4, 0.5) is 10.1 Å². The third-order valence-corrected chi connectivity index (χ3v) is 3.87. The predicted molar refractivity (Wildman–Crippen MR) is 79.1 cm³/mol. The molecule has 1 aliphatic rings. The van der Waals surface area contributed by atoms with Gasteiger partial charge in [-0.25, -0.2) is 4.39 Å². The molecule has 3 heteroatoms. The molecular weight excluding hydrogens is 239 g/mol. The zero-order valence-electron chi connectivity index (χ0n) is 12.0. The van der Waals surface area contributed by atoms with Crippen LogP contribution in [-0.4, -0.2) is 18.6 Å². The van der Waals surface area contributed by atoms with Crippen molar-refractivity contribution < 1.29 is 4.39 Å². The number of anilines is 1. The first kappa shape index (κ1) is 14.3. The van der Waals surface area contributed by atoms with E-state index in [4.69, 9.17) is 0 Å². The monoisotopic (exact) mass is 264 g/mol. The lowest BCUT2D eigenvalue weighted by Crippen LogP contribution is -2.33. The normalized spacial score (nSPS) is 21.7. The van der Waals surface area contributed by atoms with Gasteiger partial charge in [0.05, 0.1) is 0 Å². The Hall–Kier alpha value is -1.09. The van der Waals surface area contributed by atoms with Crippen molar-refractivity contribution in [3.05, 3.63) is 29.6 Å². The Morgan fingerprint density at radius 1 is 1.37 bits per heavy atom. The van der Waals surface area contributed by atoms with Gasteiger partial charge in [0, 0.05) is 17.8 Å². The van der Waals surface area contributed by atoms with E-state index in [9.17, 15) is 4.39 Å². The molecule has 0 aliphatic carbocycles. The second-order valence-electron chi connectivity index (χ2n) is 5.75. The highest BCUT2D eigenvalue weighted by Gasteiger charge is 2.14. The first-order chi connectivity index (χ1) is 9.15. The molecule has 1 fully saturated rings. The Morgan fingerprint density at radius 2 is 2.21 bits per heavy atom. The number of nitrogens with one attached hydrogen (secondary N) is 2. The molecule has 0 radical (unpaired) electrons. The van der Waals surface area contributed by atoms with Crippen molar-refractivity contribution in [2.24, 2.45) is 0 Å². The van der Waals surface area contributed by atoms with Crippen molar-refractivity contribution in [1.82, 2.24) is 5.32 Å². The molecule has 19 heavy (non-hydrogen) atoms. The summed E-state index contributed by atoms with van der Waals surface area (Å²) >= 11 is 0. The van der Waals surface area contributed by atoms with Crippen LogP contribution in [0.15, 0.2) is 18.2 Å². The highest BCUT2D eigenvalue weighted by atomic mass is 19.1. The first-order valence-electron chi connectivity index (χ1n) is 7.41. The molecule has 2 rings (SSSR count). The summed E-state index contributed by atoms with van der Waals surface area (Å²) in [5, 5.41) is 7.09. The van der Waals surface area contributed by atoms with Gasteiger partial charge in [-0.1, -0.05) is 12.8 Å². The van der Waals surface area contributed by atoms with Crippen molar-refractivity contribution in [3.63, 3.8) is 0 Å². The molecule has 2 nitrogen and oxygen atoms in total. The fourth-order valence-corrected chi connectivity index (χ4v) is 2.81. The summed E-state index contributed by atoms with van der Waals surface area (Å²) in [5.74, 6) is -0.136. The summed E-state index contributed by atoms with van der Waals surface area (Å²) < 4.78 is 13.2. The summed E-state index contributed by atoms with van der Waals surface area (Å²) in [7, 11) is 0. The van der Waals surface area contributed by atoms with Gasteiger partial charge >= 0.3 is 0 Å². The average Bonchev–Trinajstić information content (AvgIpc) is 2.62. The molecule has 106 valence electrons. The standard InChI is InChI=1S/C16H25FN2/c1-12-10-15(7-8-16(12)17)19-13(2)11-14-6-4-3-5-9-18-14/h7-8,10,13-14,18-19H,3-6,9,11H2,1-2H3. The number of rotatable bonds is 4. The molecular formula is C16H25FN2. The Morgan fingerprint density at radius 3 is 3.00 bits per heavy atom. The molecule has 1 aromatic rings. The van der Waals surface area contributed by atoms with Gasteiger partial charge < -0.3 is 10.6 Å². The quantitative estimate of drug-likeness (QED) is 0.863. The Balaban J connectivity index is 1.85. The van der Waals surface area contributed by atoms with Gasteiger partial charge in [0.2, 0.25) is 0 Å². The van der Waals surface area contributed by atoms with Crippen LogP contribution in [-0.2, 0) is 0 Å². The minimum absolute atomic E-state index is 0.136. The van der Waals surface area contributed by atoms with E-state index in [0.29, 0.717) is 17.6 Å². The highest BCUT2D eigenvalue weighted by Crippen LogP contribution is 2.18. The van der Waals surface area contributed by atoms with Gasteiger partial charge in [0.15, 0.2) is 0 Å². The topological polar surface area (TPSA) is 24.1 Å². The SMILES string of the molecule is Cc1cc(NC(C)CC2CCCCCN2)ccc1F. The molecule has 1 aliphatic heterocycles. The number of hydrogen-bond donors (Lipinski definition) is 2. The van der Waals surface area contributed by atoms with Crippen LogP contribution in [0.5, 0.6) is 0 Å². The zero-order valence-corrected chi connectivity index (χ0v) is 12.0. The Kier molecular flexibility index (Phi) is 5.20. The van der Waals surface area contributed by atoms with E-state index < -0.39 is 0 Å². The third kappa shape index (κ3) is 4.50. The van der Waals surface area contributed by atoms with E-state index in [1.807, 2.05) is 12.1 Å². The van der Waals surface area contributed by atoms with E-state index in [-0.39, 0.29) is 5.82 Å². The maximum absolute atomic E-state index is 13.2. The molecule has 2 atom stereocenters. The maximum atomic E-state index is 13.2. The van der Waals surface area contributed by atoms with Gasteiger partial charge in [0.1, 0.15) is 5.82 Å². The fraction of sp³-hybridized carbons (Fsp3) is 0.625. The lowest BCUT2D eigenvalue weighted by atomic mass is 10.0. The van der Waals surface area contributed by atoms with Crippen molar-refractivity contribution in [2.75, 3.05) is 11.9 Å². The first-order valence-corrected chi connectivity index (χ1v) is 7.41. The van der Waals surface area contributed by atoms with Crippen molar-refractivity contribution in [3.8, 4) is 0 Å². The maximum Gasteiger partial charge on any atom is 0.126 e. The minimum Gasteiger partial charge on any atom is -0.383 e. The van der Waals surface area contributed by atoms with Crippen LogP contribution >= 0.6 is 0 Å². The van der Waals surface area contributed by atoms with Gasteiger partial charge in [-0.2, -0.15) is 0 Å². The predicted octanol–water partition coefficient (Wildman–Crippen LogP) is 3.86.